The molecule has 5 nitrogen and oxygen atoms in total. The maximum atomic E-state index is 12.3. The number of aromatic nitrogens is 2. The number of nitrogens with zero attached hydrogens (tertiary/aromatic N) is 2. The molecule has 2 aromatic rings. The normalized spacial score (nSPS) is 11.3. The van der Waals surface area contributed by atoms with E-state index in [9.17, 15) is 23.1 Å². The van der Waals surface area contributed by atoms with Crippen molar-refractivity contribution in [2.45, 2.75) is 12.7 Å². The smallest absolute Gasteiger partial charge is 0.435 e. The van der Waals surface area contributed by atoms with Crippen LogP contribution < -0.4 is 5.32 Å². The molecular weight excluding hydrogens is 275 g/mol. The number of nitrogens with one attached hydrogen (secondary N) is 1. The number of hydrogen-bond acceptors (Lipinski definition) is 3. The van der Waals surface area contributed by atoms with E-state index in [0.717, 1.165) is 16.9 Å². The van der Waals surface area contributed by atoms with Gasteiger partial charge in [0.15, 0.2) is 5.69 Å². The first-order valence-corrected chi connectivity index (χ1v) is 5.55. The van der Waals surface area contributed by atoms with Gasteiger partial charge in [-0.3, -0.25) is 9.48 Å². The standard InChI is InChI=1S/C12H10F3N3O2/c13-12(14,15)10-5-6-18(17-10)7-11(20)16-8-3-1-2-4-9(8)19/h1-6,19H,7H2,(H,16,20). The largest absolute Gasteiger partial charge is 0.506 e. The number of benzene rings is 1. The van der Waals surface area contributed by atoms with Crippen LogP contribution >= 0.6 is 0 Å². The lowest BCUT2D eigenvalue weighted by Crippen LogP contribution is -2.19. The first-order chi connectivity index (χ1) is 9.36. The molecule has 0 aliphatic rings. The molecule has 0 fully saturated rings. The van der Waals surface area contributed by atoms with E-state index in [4.69, 9.17) is 0 Å². The molecule has 0 radical (unpaired) electrons. The quantitative estimate of drug-likeness (QED) is 0.850. The summed E-state index contributed by atoms with van der Waals surface area (Å²) >= 11 is 0. The van der Waals surface area contributed by atoms with Crippen LogP contribution in [0.1, 0.15) is 5.69 Å². The second kappa shape index (κ2) is 5.24. The third-order valence-corrected chi connectivity index (χ3v) is 2.41. The van der Waals surface area contributed by atoms with Gasteiger partial charge in [0.05, 0.1) is 5.69 Å². The predicted molar refractivity (Wildman–Crippen MR) is 64.0 cm³/mol. The molecule has 0 aliphatic carbocycles. The minimum absolute atomic E-state index is 0.128. The van der Waals surface area contributed by atoms with Crippen molar-refractivity contribution in [1.82, 2.24) is 9.78 Å². The van der Waals surface area contributed by atoms with Gasteiger partial charge in [-0.15, -0.1) is 0 Å². The first kappa shape index (κ1) is 13.9. The number of para-hydroxylation sites is 2. The van der Waals surface area contributed by atoms with Gasteiger partial charge in [0, 0.05) is 6.20 Å². The number of aromatic hydroxyl groups is 1. The van der Waals surface area contributed by atoms with E-state index in [0.29, 0.717) is 0 Å². The Bertz CT molecular complexity index is 622. The molecule has 8 heteroatoms. The highest BCUT2D eigenvalue weighted by Crippen LogP contribution is 2.27. The first-order valence-electron chi connectivity index (χ1n) is 5.55. The lowest BCUT2D eigenvalue weighted by molar-refractivity contribution is -0.141. The van der Waals surface area contributed by atoms with Gasteiger partial charge in [-0.25, -0.2) is 0 Å². The summed E-state index contributed by atoms with van der Waals surface area (Å²) in [7, 11) is 0. The highest BCUT2D eigenvalue weighted by Gasteiger charge is 2.33. The van der Waals surface area contributed by atoms with Crippen molar-refractivity contribution in [2.75, 3.05) is 5.32 Å². The van der Waals surface area contributed by atoms with Crippen LogP contribution in [-0.4, -0.2) is 20.8 Å². The summed E-state index contributed by atoms with van der Waals surface area (Å²) in [5, 5.41) is 15.1. The van der Waals surface area contributed by atoms with Crippen molar-refractivity contribution in [2.24, 2.45) is 0 Å². The van der Waals surface area contributed by atoms with Gasteiger partial charge >= 0.3 is 6.18 Å². The molecule has 2 N–H and O–H groups in total. The van der Waals surface area contributed by atoms with Gasteiger partial charge in [0.2, 0.25) is 5.91 Å². The van der Waals surface area contributed by atoms with Gasteiger partial charge in [0.1, 0.15) is 12.3 Å². The van der Waals surface area contributed by atoms with Crippen molar-refractivity contribution in [3.8, 4) is 5.75 Å². The average Bonchev–Trinajstić information content (AvgIpc) is 2.80. The Morgan fingerprint density at radius 2 is 2.00 bits per heavy atom. The molecule has 0 bridgehead atoms. The van der Waals surface area contributed by atoms with E-state index in [2.05, 4.69) is 10.4 Å². The van der Waals surface area contributed by atoms with Gasteiger partial charge in [-0.05, 0) is 18.2 Å². The Morgan fingerprint density at radius 1 is 1.30 bits per heavy atom. The molecule has 0 saturated heterocycles. The van der Waals surface area contributed by atoms with Crippen molar-refractivity contribution in [3.05, 3.63) is 42.2 Å². The van der Waals surface area contributed by atoms with E-state index in [1.807, 2.05) is 0 Å². The fourth-order valence-electron chi connectivity index (χ4n) is 1.52. The topological polar surface area (TPSA) is 67.2 Å². The van der Waals surface area contributed by atoms with Gasteiger partial charge < -0.3 is 10.4 Å². The summed E-state index contributed by atoms with van der Waals surface area (Å²) in [6.45, 7) is -0.385. The number of alkyl halides is 3. The molecule has 0 aliphatic heterocycles. The Morgan fingerprint density at radius 3 is 2.60 bits per heavy atom. The van der Waals surface area contributed by atoms with Crippen LogP contribution in [0.3, 0.4) is 0 Å². The Kier molecular flexibility index (Phi) is 3.64. The number of phenols is 1. The van der Waals surface area contributed by atoms with Crippen LogP contribution in [0.15, 0.2) is 36.5 Å². The van der Waals surface area contributed by atoms with E-state index in [-0.39, 0.29) is 18.0 Å². The zero-order valence-corrected chi connectivity index (χ0v) is 10.1. The molecule has 0 unspecified atom stereocenters. The van der Waals surface area contributed by atoms with Crippen LogP contribution in [0, 0.1) is 0 Å². The maximum Gasteiger partial charge on any atom is 0.435 e. The zero-order valence-electron chi connectivity index (χ0n) is 10.1. The number of anilines is 1. The lowest BCUT2D eigenvalue weighted by atomic mass is 10.3. The highest BCUT2D eigenvalue weighted by atomic mass is 19.4. The minimum atomic E-state index is -4.54. The number of hydrogen-bond donors (Lipinski definition) is 2. The van der Waals surface area contributed by atoms with Crippen molar-refractivity contribution in [3.63, 3.8) is 0 Å². The molecule has 106 valence electrons. The Hall–Kier alpha value is -2.51. The summed E-state index contributed by atoms with van der Waals surface area (Å²) in [6.07, 6.45) is -3.48. The third kappa shape index (κ3) is 3.28. The van der Waals surface area contributed by atoms with Crippen LogP contribution in [0.2, 0.25) is 0 Å². The molecule has 1 aromatic heterocycles. The highest BCUT2D eigenvalue weighted by molar-refractivity contribution is 5.91. The van der Waals surface area contributed by atoms with Crippen LogP contribution in [-0.2, 0) is 17.5 Å². The predicted octanol–water partition coefficient (Wildman–Crippen LogP) is 2.25. The average molecular weight is 285 g/mol. The van der Waals surface area contributed by atoms with Crippen LogP contribution in [0.25, 0.3) is 0 Å². The summed E-state index contributed by atoms with van der Waals surface area (Å²) in [5.41, 5.74) is -0.881. The van der Waals surface area contributed by atoms with Crippen LogP contribution in [0.5, 0.6) is 5.75 Å². The van der Waals surface area contributed by atoms with E-state index in [1.165, 1.54) is 12.1 Å². The third-order valence-electron chi connectivity index (χ3n) is 2.41. The molecule has 2 rings (SSSR count). The fraction of sp³-hybridized carbons (Fsp3) is 0.167. The van der Waals surface area contributed by atoms with Gasteiger partial charge in [-0.2, -0.15) is 18.3 Å². The van der Waals surface area contributed by atoms with E-state index in [1.54, 1.807) is 12.1 Å². The van der Waals surface area contributed by atoms with E-state index < -0.39 is 17.8 Å². The number of amides is 1. The maximum absolute atomic E-state index is 12.3. The summed E-state index contributed by atoms with van der Waals surface area (Å²) in [6, 6.07) is 6.81. The van der Waals surface area contributed by atoms with Crippen LogP contribution in [0.4, 0.5) is 18.9 Å². The van der Waals surface area contributed by atoms with Crippen molar-refractivity contribution >= 4 is 11.6 Å². The van der Waals surface area contributed by atoms with E-state index >= 15 is 0 Å². The zero-order chi connectivity index (χ0) is 14.8. The molecule has 1 aromatic carbocycles. The number of carbonyl (C=O) groups is 1. The van der Waals surface area contributed by atoms with Gasteiger partial charge in [0.25, 0.3) is 0 Å². The second-order valence-corrected chi connectivity index (χ2v) is 3.96. The minimum Gasteiger partial charge on any atom is -0.506 e. The number of rotatable bonds is 3. The molecule has 0 saturated carbocycles. The number of carbonyl (C=O) groups excluding carboxylic acids is 1. The molecule has 1 amide bonds. The van der Waals surface area contributed by atoms with Crippen molar-refractivity contribution < 1.29 is 23.1 Å². The molecule has 1 heterocycles. The summed E-state index contributed by atoms with van der Waals surface area (Å²) in [5.74, 6) is -0.722. The Labute approximate surface area is 111 Å². The summed E-state index contributed by atoms with van der Waals surface area (Å²) < 4.78 is 37.9. The van der Waals surface area contributed by atoms with Crippen molar-refractivity contribution in [1.29, 1.82) is 0 Å². The monoisotopic (exact) mass is 285 g/mol. The molecule has 20 heavy (non-hydrogen) atoms. The molecule has 0 atom stereocenters. The molecular formula is C12H10F3N3O2. The molecule has 0 spiro atoms. The number of halogens is 3. The second-order valence-electron chi connectivity index (χ2n) is 3.96. The summed E-state index contributed by atoms with van der Waals surface area (Å²) in [4.78, 5) is 11.6. The number of phenolic OH excluding ortho intramolecular Hbond substituents is 1. The lowest BCUT2D eigenvalue weighted by Gasteiger charge is -2.07. The SMILES string of the molecule is O=C(Cn1ccc(C(F)(F)F)n1)Nc1ccccc1O. The van der Waals surface area contributed by atoms with Gasteiger partial charge in [-0.1, -0.05) is 12.1 Å². The fourth-order valence-corrected chi connectivity index (χ4v) is 1.52. The Balaban J connectivity index is 2.02.